The smallest absolute Gasteiger partial charge is 0.328 e. The zero-order valence-corrected chi connectivity index (χ0v) is 9.06. The second-order valence-corrected chi connectivity index (χ2v) is 4.19. The Hall–Kier alpha value is -1.14. The molecule has 0 aliphatic heterocycles. The van der Waals surface area contributed by atoms with Crippen molar-refractivity contribution in [2.24, 2.45) is 11.7 Å². The Kier molecular flexibility index (Phi) is 4.70. The molecule has 0 aromatic carbocycles. The summed E-state index contributed by atoms with van der Waals surface area (Å²) >= 11 is 0. The molecule has 1 atom stereocenters. The molecule has 92 valence electrons. The van der Waals surface area contributed by atoms with Gasteiger partial charge in [0.25, 0.3) is 0 Å². The number of carboxylic acids is 1. The molecule has 5 N–H and O–H groups in total. The fourth-order valence-electron chi connectivity index (χ4n) is 1.86. The van der Waals surface area contributed by atoms with Gasteiger partial charge in [-0.25, -0.2) is 4.79 Å². The first-order valence-corrected chi connectivity index (χ1v) is 5.44. The molecule has 0 aromatic rings. The van der Waals surface area contributed by atoms with Crippen molar-refractivity contribution in [1.82, 2.24) is 5.32 Å². The van der Waals surface area contributed by atoms with Crippen molar-refractivity contribution in [2.75, 3.05) is 6.61 Å². The zero-order valence-electron chi connectivity index (χ0n) is 9.06. The van der Waals surface area contributed by atoms with Crippen LogP contribution in [0.25, 0.3) is 0 Å². The molecule has 0 heterocycles. The van der Waals surface area contributed by atoms with Gasteiger partial charge in [0.15, 0.2) is 0 Å². The maximum absolute atomic E-state index is 11.7. The fourth-order valence-corrected chi connectivity index (χ4v) is 1.86. The quantitative estimate of drug-likeness (QED) is 0.498. The predicted octanol–water partition coefficient (Wildman–Crippen LogP) is -0.934. The summed E-state index contributed by atoms with van der Waals surface area (Å²) < 4.78 is 0. The highest BCUT2D eigenvalue weighted by Crippen LogP contribution is 2.23. The van der Waals surface area contributed by atoms with E-state index >= 15 is 0 Å². The first-order valence-electron chi connectivity index (χ1n) is 5.44. The van der Waals surface area contributed by atoms with Crippen molar-refractivity contribution in [3.63, 3.8) is 0 Å². The largest absolute Gasteiger partial charge is 0.480 e. The summed E-state index contributed by atoms with van der Waals surface area (Å²) in [5, 5.41) is 19.8. The van der Waals surface area contributed by atoms with E-state index in [-0.39, 0.29) is 17.9 Å². The summed E-state index contributed by atoms with van der Waals surface area (Å²) in [6, 6.07) is -1.06. The van der Waals surface area contributed by atoms with E-state index in [1.54, 1.807) is 0 Å². The van der Waals surface area contributed by atoms with Crippen LogP contribution in [0.4, 0.5) is 0 Å². The molecular formula is C10H18N2O4. The number of carbonyl (C=O) groups excluding carboxylic acids is 1. The van der Waals surface area contributed by atoms with E-state index < -0.39 is 18.6 Å². The van der Waals surface area contributed by atoms with Gasteiger partial charge in [-0.1, -0.05) is 0 Å². The van der Waals surface area contributed by atoms with E-state index in [1.165, 1.54) is 0 Å². The third-order valence-corrected chi connectivity index (χ3v) is 2.94. The number of carboxylic acid groups (broad SMARTS) is 1. The Bertz CT molecular complexity index is 262. The van der Waals surface area contributed by atoms with Gasteiger partial charge in [0.2, 0.25) is 5.91 Å². The molecule has 0 aromatic heterocycles. The Morgan fingerprint density at radius 1 is 1.31 bits per heavy atom. The molecule has 1 amide bonds. The van der Waals surface area contributed by atoms with Crippen LogP contribution in [0.2, 0.25) is 0 Å². The van der Waals surface area contributed by atoms with Crippen LogP contribution < -0.4 is 11.1 Å². The van der Waals surface area contributed by atoms with Crippen LogP contribution in [-0.2, 0) is 9.59 Å². The van der Waals surface area contributed by atoms with Gasteiger partial charge in [0.05, 0.1) is 6.61 Å². The molecule has 0 saturated heterocycles. The molecule has 6 nitrogen and oxygen atoms in total. The van der Waals surface area contributed by atoms with Crippen molar-refractivity contribution in [2.45, 2.75) is 37.8 Å². The Morgan fingerprint density at radius 3 is 2.31 bits per heavy atom. The molecule has 0 radical (unpaired) electrons. The van der Waals surface area contributed by atoms with Crippen LogP contribution in [0.3, 0.4) is 0 Å². The summed E-state index contributed by atoms with van der Waals surface area (Å²) in [4.78, 5) is 22.3. The summed E-state index contributed by atoms with van der Waals surface area (Å²) in [7, 11) is 0. The zero-order chi connectivity index (χ0) is 12.1. The maximum atomic E-state index is 11.7. The molecule has 0 spiro atoms. The SMILES string of the molecule is NC1CCC(C(=O)NC(CO)C(=O)O)CC1. The lowest BCUT2D eigenvalue weighted by atomic mass is 9.86. The maximum Gasteiger partial charge on any atom is 0.328 e. The van der Waals surface area contributed by atoms with E-state index in [0.717, 1.165) is 12.8 Å². The number of aliphatic hydroxyl groups excluding tert-OH is 1. The number of aliphatic carboxylic acids is 1. The van der Waals surface area contributed by atoms with Gasteiger partial charge in [-0.2, -0.15) is 0 Å². The second kappa shape index (κ2) is 5.81. The Morgan fingerprint density at radius 2 is 1.88 bits per heavy atom. The van der Waals surface area contributed by atoms with Crippen LogP contribution >= 0.6 is 0 Å². The van der Waals surface area contributed by atoms with Crippen molar-refractivity contribution in [1.29, 1.82) is 0 Å². The molecule has 1 unspecified atom stereocenters. The number of amides is 1. The average molecular weight is 230 g/mol. The van der Waals surface area contributed by atoms with E-state index in [4.69, 9.17) is 15.9 Å². The summed E-state index contributed by atoms with van der Waals surface area (Å²) in [6.07, 6.45) is 2.94. The minimum atomic E-state index is -1.22. The normalized spacial score (nSPS) is 27.1. The molecule has 1 aliphatic carbocycles. The van der Waals surface area contributed by atoms with Gasteiger partial charge >= 0.3 is 5.97 Å². The Balaban J connectivity index is 2.42. The van der Waals surface area contributed by atoms with Gasteiger partial charge in [0.1, 0.15) is 6.04 Å². The van der Waals surface area contributed by atoms with Gasteiger partial charge < -0.3 is 21.3 Å². The lowest BCUT2D eigenvalue weighted by Crippen LogP contribution is -2.46. The van der Waals surface area contributed by atoms with E-state index in [2.05, 4.69) is 5.32 Å². The number of carbonyl (C=O) groups is 2. The molecule has 1 rings (SSSR count). The number of aliphatic hydroxyl groups is 1. The molecule has 1 aliphatic rings. The molecule has 1 saturated carbocycles. The standard InChI is InChI=1S/C10H18N2O4/c11-7-3-1-6(2-4-7)9(14)12-8(5-13)10(15)16/h6-8,13H,1-5,11H2,(H,12,14)(H,15,16). The lowest BCUT2D eigenvalue weighted by Gasteiger charge is -2.26. The highest BCUT2D eigenvalue weighted by atomic mass is 16.4. The van der Waals surface area contributed by atoms with Crippen molar-refractivity contribution >= 4 is 11.9 Å². The number of hydrogen-bond donors (Lipinski definition) is 4. The number of rotatable bonds is 4. The Labute approximate surface area is 93.8 Å². The minimum absolute atomic E-state index is 0.150. The number of hydrogen-bond acceptors (Lipinski definition) is 4. The summed E-state index contributed by atoms with van der Waals surface area (Å²) in [5.41, 5.74) is 5.71. The fraction of sp³-hybridized carbons (Fsp3) is 0.800. The molecule has 16 heavy (non-hydrogen) atoms. The monoisotopic (exact) mass is 230 g/mol. The van der Waals surface area contributed by atoms with Crippen LogP contribution in [0, 0.1) is 5.92 Å². The second-order valence-electron chi connectivity index (χ2n) is 4.19. The van der Waals surface area contributed by atoms with E-state index in [9.17, 15) is 9.59 Å². The molecule has 6 heteroatoms. The highest BCUT2D eigenvalue weighted by molar-refractivity contribution is 5.85. The van der Waals surface area contributed by atoms with Gasteiger partial charge in [-0.15, -0.1) is 0 Å². The summed E-state index contributed by atoms with van der Waals surface area (Å²) in [5.74, 6) is -1.69. The van der Waals surface area contributed by atoms with E-state index in [1.807, 2.05) is 0 Å². The first-order chi connectivity index (χ1) is 7.54. The third kappa shape index (κ3) is 3.46. The molecular weight excluding hydrogens is 212 g/mol. The third-order valence-electron chi connectivity index (χ3n) is 2.94. The molecule has 0 bridgehead atoms. The van der Waals surface area contributed by atoms with E-state index in [0.29, 0.717) is 12.8 Å². The number of nitrogens with one attached hydrogen (secondary N) is 1. The minimum Gasteiger partial charge on any atom is -0.480 e. The highest BCUT2D eigenvalue weighted by Gasteiger charge is 2.27. The molecule has 1 fully saturated rings. The topological polar surface area (TPSA) is 113 Å². The predicted molar refractivity (Wildman–Crippen MR) is 56.6 cm³/mol. The van der Waals surface area contributed by atoms with Crippen molar-refractivity contribution < 1.29 is 19.8 Å². The van der Waals surface area contributed by atoms with Gasteiger partial charge in [-0.3, -0.25) is 4.79 Å². The summed E-state index contributed by atoms with van der Waals surface area (Å²) in [6.45, 7) is -0.590. The van der Waals surface area contributed by atoms with Crippen molar-refractivity contribution in [3.05, 3.63) is 0 Å². The van der Waals surface area contributed by atoms with Crippen LogP contribution in [0.15, 0.2) is 0 Å². The number of nitrogens with two attached hydrogens (primary N) is 1. The first kappa shape index (κ1) is 12.9. The van der Waals surface area contributed by atoms with Gasteiger partial charge in [0, 0.05) is 12.0 Å². The van der Waals surface area contributed by atoms with Crippen LogP contribution in [0.5, 0.6) is 0 Å². The lowest BCUT2D eigenvalue weighted by molar-refractivity contribution is -0.143. The van der Waals surface area contributed by atoms with Crippen LogP contribution in [-0.4, -0.2) is 40.8 Å². The van der Waals surface area contributed by atoms with Crippen LogP contribution in [0.1, 0.15) is 25.7 Å². The average Bonchev–Trinajstić information content (AvgIpc) is 2.26. The van der Waals surface area contributed by atoms with Crippen molar-refractivity contribution in [3.8, 4) is 0 Å². The van der Waals surface area contributed by atoms with Gasteiger partial charge in [-0.05, 0) is 25.7 Å².